The number of nitrogens with zero attached hydrogens (tertiary/aromatic N) is 1. The van der Waals surface area contributed by atoms with E-state index in [2.05, 4.69) is 27.5 Å². The minimum Gasteiger partial charge on any atom is -0.364 e. The molecule has 14 heavy (non-hydrogen) atoms. The second-order valence-corrected chi connectivity index (χ2v) is 4.05. The third-order valence-corrected chi connectivity index (χ3v) is 2.77. The summed E-state index contributed by atoms with van der Waals surface area (Å²) >= 11 is 0. The van der Waals surface area contributed by atoms with Crippen molar-refractivity contribution in [1.29, 1.82) is 0 Å². The Labute approximate surface area is 85.5 Å². The summed E-state index contributed by atoms with van der Waals surface area (Å²) < 4.78 is 0. The van der Waals surface area contributed by atoms with E-state index < -0.39 is 0 Å². The normalized spacial score (nSPS) is 17.8. The van der Waals surface area contributed by atoms with Crippen molar-refractivity contribution < 1.29 is 0 Å². The van der Waals surface area contributed by atoms with Crippen molar-refractivity contribution in [2.75, 3.05) is 20.1 Å². The lowest BCUT2D eigenvalue weighted by Gasteiger charge is -2.12. The number of hydrogen-bond donors (Lipinski definition) is 2. The lowest BCUT2D eigenvalue weighted by atomic mass is 10.3. The van der Waals surface area contributed by atoms with Gasteiger partial charge in [-0.2, -0.15) is 0 Å². The van der Waals surface area contributed by atoms with Gasteiger partial charge in [-0.05, 0) is 44.6 Å². The van der Waals surface area contributed by atoms with E-state index in [9.17, 15) is 0 Å². The van der Waals surface area contributed by atoms with Gasteiger partial charge in [-0.1, -0.05) is 0 Å². The molecule has 2 N–H and O–H groups in total. The second kappa shape index (κ2) is 4.62. The van der Waals surface area contributed by atoms with Crippen LogP contribution in [-0.4, -0.2) is 30.0 Å². The van der Waals surface area contributed by atoms with Crippen LogP contribution in [0, 0.1) is 0 Å². The van der Waals surface area contributed by atoms with E-state index in [-0.39, 0.29) is 0 Å². The van der Waals surface area contributed by atoms with Crippen LogP contribution >= 0.6 is 0 Å². The first kappa shape index (κ1) is 9.74. The van der Waals surface area contributed by atoms with E-state index in [0.717, 1.165) is 13.1 Å². The number of hydrogen-bond acceptors (Lipinski definition) is 2. The van der Waals surface area contributed by atoms with Gasteiger partial charge in [0.15, 0.2) is 0 Å². The summed E-state index contributed by atoms with van der Waals surface area (Å²) in [7, 11) is 1.97. The molecular weight excluding hydrogens is 174 g/mol. The molecule has 3 heteroatoms. The zero-order valence-electron chi connectivity index (χ0n) is 8.84. The van der Waals surface area contributed by atoms with Crippen molar-refractivity contribution in [3.8, 4) is 0 Å². The molecule has 0 saturated carbocycles. The molecule has 3 nitrogen and oxygen atoms in total. The molecule has 0 aliphatic carbocycles. The van der Waals surface area contributed by atoms with Crippen LogP contribution < -0.4 is 5.32 Å². The average Bonchev–Trinajstić information content (AvgIpc) is 2.79. The van der Waals surface area contributed by atoms with Crippen LogP contribution in [-0.2, 0) is 13.1 Å². The fourth-order valence-corrected chi connectivity index (χ4v) is 2.08. The first-order chi connectivity index (χ1) is 6.88. The standard InChI is InChI=1S/C11H19N3/c1-12-8-11-6-10(7-13-11)9-14-4-2-3-5-14/h6-7,12-13H,2-5,8-9H2,1H3. The first-order valence-corrected chi connectivity index (χ1v) is 5.41. The molecule has 0 unspecified atom stereocenters. The Balaban J connectivity index is 1.88. The van der Waals surface area contributed by atoms with Crippen LogP contribution in [0.3, 0.4) is 0 Å². The zero-order valence-corrected chi connectivity index (χ0v) is 8.84. The highest BCUT2D eigenvalue weighted by Gasteiger charge is 2.12. The molecule has 1 aliphatic rings. The third-order valence-electron chi connectivity index (χ3n) is 2.77. The van der Waals surface area contributed by atoms with Crippen LogP contribution in [0.1, 0.15) is 24.1 Å². The van der Waals surface area contributed by atoms with Crippen LogP contribution in [0.4, 0.5) is 0 Å². The van der Waals surface area contributed by atoms with Crippen LogP contribution in [0.15, 0.2) is 12.3 Å². The molecule has 0 aromatic carbocycles. The lowest BCUT2D eigenvalue weighted by Crippen LogP contribution is -2.17. The third kappa shape index (κ3) is 2.36. The highest BCUT2D eigenvalue weighted by molar-refractivity contribution is 5.16. The van der Waals surface area contributed by atoms with Gasteiger partial charge in [0, 0.05) is 25.0 Å². The number of rotatable bonds is 4. The molecule has 0 atom stereocenters. The van der Waals surface area contributed by atoms with Gasteiger partial charge < -0.3 is 10.3 Å². The van der Waals surface area contributed by atoms with Crippen molar-refractivity contribution >= 4 is 0 Å². The molecule has 2 heterocycles. The molecule has 2 rings (SSSR count). The maximum absolute atomic E-state index is 3.29. The number of aromatic nitrogens is 1. The molecule has 0 bridgehead atoms. The summed E-state index contributed by atoms with van der Waals surface area (Å²) in [5, 5.41) is 3.15. The smallest absolute Gasteiger partial charge is 0.0354 e. The largest absolute Gasteiger partial charge is 0.364 e. The maximum atomic E-state index is 3.29. The van der Waals surface area contributed by atoms with Crippen LogP contribution in [0.2, 0.25) is 0 Å². The van der Waals surface area contributed by atoms with Gasteiger partial charge in [-0.25, -0.2) is 0 Å². The van der Waals surface area contributed by atoms with Crippen LogP contribution in [0.5, 0.6) is 0 Å². The molecule has 1 saturated heterocycles. The van der Waals surface area contributed by atoms with Gasteiger partial charge in [0.05, 0.1) is 0 Å². The minimum atomic E-state index is 0.931. The van der Waals surface area contributed by atoms with E-state index in [0.29, 0.717) is 0 Å². The van der Waals surface area contributed by atoms with Gasteiger partial charge in [0.2, 0.25) is 0 Å². The average molecular weight is 193 g/mol. The van der Waals surface area contributed by atoms with E-state index in [1.807, 2.05) is 7.05 Å². The Morgan fingerprint density at radius 3 is 2.93 bits per heavy atom. The Morgan fingerprint density at radius 1 is 1.43 bits per heavy atom. The lowest BCUT2D eigenvalue weighted by molar-refractivity contribution is 0.331. The van der Waals surface area contributed by atoms with Crippen molar-refractivity contribution in [2.24, 2.45) is 0 Å². The fourth-order valence-electron chi connectivity index (χ4n) is 2.08. The van der Waals surface area contributed by atoms with Crippen molar-refractivity contribution in [1.82, 2.24) is 15.2 Å². The molecule has 0 amide bonds. The monoisotopic (exact) mass is 193 g/mol. The Morgan fingerprint density at radius 2 is 2.21 bits per heavy atom. The van der Waals surface area contributed by atoms with E-state index >= 15 is 0 Å². The first-order valence-electron chi connectivity index (χ1n) is 5.41. The van der Waals surface area contributed by atoms with E-state index in [1.54, 1.807) is 0 Å². The van der Waals surface area contributed by atoms with Gasteiger partial charge >= 0.3 is 0 Å². The summed E-state index contributed by atoms with van der Waals surface area (Å²) in [4.78, 5) is 5.81. The number of aromatic amines is 1. The summed E-state index contributed by atoms with van der Waals surface area (Å²) in [6.07, 6.45) is 4.87. The Hall–Kier alpha value is -0.800. The van der Waals surface area contributed by atoms with E-state index in [4.69, 9.17) is 0 Å². The molecule has 1 aromatic heterocycles. The van der Waals surface area contributed by atoms with Crippen molar-refractivity contribution in [3.05, 3.63) is 23.5 Å². The predicted octanol–water partition coefficient (Wildman–Crippen LogP) is 1.33. The number of H-pyrrole nitrogens is 1. The summed E-state index contributed by atoms with van der Waals surface area (Å²) in [6, 6.07) is 2.26. The Kier molecular flexibility index (Phi) is 3.22. The topological polar surface area (TPSA) is 31.1 Å². The molecule has 1 fully saturated rings. The Bertz CT molecular complexity index is 274. The summed E-state index contributed by atoms with van der Waals surface area (Å²) in [5.41, 5.74) is 2.69. The van der Waals surface area contributed by atoms with E-state index in [1.165, 1.54) is 37.2 Å². The highest BCUT2D eigenvalue weighted by Crippen LogP contribution is 2.13. The molecule has 78 valence electrons. The predicted molar refractivity (Wildman–Crippen MR) is 58.1 cm³/mol. The summed E-state index contributed by atoms with van der Waals surface area (Å²) in [6.45, 7) is 4.58. The zero-order chi connectivity index (χ0) is 9.80. The second-order valence-electron chi connectivity index (χ2n) is 4.05. The number of likely N-dealkylation sites (tertiary alicyclic amines) is 1. The molecule has 1 aliphatic heterocycles. The van der Waals surface area contributed by atoms with Gasteiger partial charge in [0.25, 0.3) is 0 Å². The number of nitrogens with one attached hydrogen (secondary N) is 2. The molecule has 0 radical (unpaired) electrons. The SMILES string of the molecule is CNCc1cc(CN2CCCC2)c[nH]1. The molecule has 0 spiro atoms. The van der Waals surface area contributed by atoms with Gasteiger partial charge in [-0.3, -0.25) is 4.90 Å². The highest BCUT2D eigenvalue weighted by atomic mass is 15.1. The van der Waals surface area contributed by atoms with Gasteiger partial charge in [-0.15, -0.1) is 0 Å². The van der Waals surface area contributed by atoms with Crippen molar-refractivity contribution in [2.45, 2.75) is 25.9 Å². The molecular formula is C11H19N3. The quantitative estimate of drug-likeness (QED) is 0.756. The maximum Gasteiger partial charge on any atom is 0.0354 e. The van der Waals surface area contributed by atoms with Crippen molar-refractivity contribution in [3.63, 3.8) is 0 Å². The fraction of sp³-hybridized carbons (Fsp3) is 0.636. The minimum absolute atomic E-state index is 0.931. The van der Waals surface area contributed by atoms with Gasteiger partial charge in [0.1, 0.15) is 0 Å². The summed E-state index contributed by atoms with van der Waals surface area (Å²) in [5.74, 6) is 0. The molecule has 1 aromatic rings. The van der Waals surface area contributed by atoms with Crippen LogP contribution in [0.25, 0.3) is 0 Å².